The molecule has 0 saturated heterocycles. The standard InChI is InChI=1S/C14H24N2O7/c1-2-3-4-7-15-10(8-12(19)20)13(21)16-9(14(22)23)5-6-11(17)18/h9-10,15H,2-8H2,1H3,(H,16,21)(H,17,18)(H,19,20)(H,22,23). The van der Waals surface area contributed by atoms with Crippen molar-refractivity contribution >= 4 is 23.8 Å². The van der Waals surface area contributed by atoms with Gasteiger partial charge in [0.25, 0.3) is 0 Å². The number of carbonyl (C=O) groups excluding carboxylic acids is 1. The molecule has 0 spiro atoms. The first-order valence-corrected chi connectivity index (χ1v) is 7.48. The lowest BCUT2D eigenvalue weighted by atomic mass is 10.1. The number of nitrogens with one attached hydrogen (secondary N) is 2. The third-order valence-electron chi connectivity index (χ3n) is 3.13. The van der Waals surface area contributed by atoms with Gasteiger partial charge in [-0.15, -0.1) is 0 Å². The van der Waals surface area contributed by atoms with Crippen LogP contribution >= 0.6 is 0 Å². The minimum Gasteiger partial charge on any atom is -0.481 e. The van der Waals surface area contributed by atoms with Gasteiger partial charge in [-0.2, -0.15) is 0 Å². The van der Waals surface area contributed by atoms with Crippen molar-refractivity contribution in [3.63, 3.8) is 0 Å². The fourth-order valence-electron chi connectivity index (χ4n) is 1.88. The Morgan fingerprint density at radius 2 is 1.61 bits per heavy atom. The molecule has 0 aliphatic carbocycles. The lowest BCUT2D eigenvalue weighted by Gasteiger charge is -2.20. The van der Waals surface area contributed by atoms with Crippen LogP contribution in [0.15, 0.2) is 0 Å². The van der Waals surface area contributed by atoms with Crippen LogP contribution in [0.2, 0.25) is 0 Å². The second-order valence-electron chi connectivity index (χ2n) is 5.14. The zero-order valence-corrected chi connectivity index (χ0v) is 13.1. The summed E-state index contributed by atoms with van der Waals surface area (Å²) in [7, 11) is 0. The number of aliphatic carboxylic acids is 3. The molecule has 23 heavy (non-hydrogen) atoms. The van der Waals surface area contributed by atoms with Crippen molar-refractivity contribution in [2.75, 3.05) is 6.54 Å². The van der Waals surface area contributed by atoms with E-state index >= 15 is 0 Å². The molecular formula is C14H24N2O7. The number of unbranched alkanes of at least 4 members (excludes halogenated alkanes) is 2. The lowest BCUT2D eigenvalue weighted by molar-refractivity contribution is -0.143. The first-order chi connectivity index (χ1) is 10.8. The number of hydrogen-bond donors (Lipinski definition) is 5. The largest absolute Gasteiger partial charge is 0.481 e. The third kappa shape index (κ3) is 10.2. The van der Waals surface area contributed by atoms with Crippen LogP contribution in [0.25, 0.3) is 0 Å². The fraction of sp³-hybridized carbons (Fsp3) is 0.714. The van der Waals surface area contributed by atoms with E-state index in [0.717, 1.165) is 19.3 Å². The summed E-state index contributed by atoms with van der Waals surface area (Å²) in [5, 5.41) is 31.4. The Labute approximate surface area is 134 Å². The Morgan fingerprint density at radius 1 is 0.957 bits per heavy atom. The first kappa shape index (κ1) is 20.8. The van der Waals surface area contributed by atoms with Crippen molar-refractivity contribution in [3.8, 4) is 0 Å². The van der Waals surface area contributed by atoms with E-state index in [1.165, 1.54) is 0 Å². The number of amides is 1. The zero-order valence-electron chi connectivity index (χ0n) is 13.1. The topological polar surface area (TPSA) is 153 Å². The summed E-state index contributed by atoms with van der Waals surface area (Å²) in [5.41, 5.74) is 0. The van der Waals surface area contributed by atoms with Gasteiger partial charge in [0.15, 0.2) is 0 Å². The summed E-state index contributed by atoms with van der Waals surface area (Å²) >= 11 is 0. The maximum absolute atomic E-state index is 12.1. The summed E-state index contributed by atoms with van der Waals surface area (Å²) in [6, 6.07) is -2.43. The Balaban J connectivity index is 4.65. The van der Waals surface area contributed by atoms with Crippen molar-refractivity contribution in [2.24, 2.45) is 0 Å². The number of hydrogen-bond acceptors (Lipinski definition) is 5. The minimum atomic E-state index is -1.37. The quantitative estimate of drug-likeness (QED) is 0.296. The second-order valence-corrected chi connectivity index (χ2v) is 5.14. The second kappa shape index (κ2) is 11.4. The highest BCUT2D eigenvalue weighted by Gasteiger charge is 2.26. The molecule has 0 bridgehead atoms. The van der Waals surface area contributed by atoms with Gasteiger partial charge in [-0.3, -0.25) is 14.4 Å². The number of carboxylic acids is 3. The van der Waals surface area contributed by atoms with Crippen LogP contribution in [0.4, 0.5) is 0 Å². The van der Waals surface area contributed by atoms with Gasteiger partial charge in [-0.25, -0.2) is 4.79 Å². The molecule has 0 aromatic carbocycles. The van der Waals surface area contributed by atoms with Gasteiger partial charge in [0.05, 0.1) is 12.5 Å². The number of carbonyl (C=O) groups is 4. The summed E-state index contributed by atoms with van der Waals surface area (Å²) in [4.78, 5) is 44.4. The molecule has 0 fully saturated rings. The summed E-state index contributed by atoms with van der Waals surface area (Å²) in [6.07, 6.45) is 1.49. The molecule has 0 radical (unpaired) electrons. The molecule has 5 N–H and O–H groups in total. The van der Waals surface area contributed by atoms with E-state index in [9.17, 15) is 19.2 Å². The highest BCUT2D eigenvalue weighted by molar-refractivity contribution is 5.89. The molecule has 0 aromatic rings. The van der Waals surface area contributed by atoms with E-state index in [0.29, 0.717) is 6.54 Å². The van der Waals surface area contributed by atoms with E-state index < -0.39 is 48.7 Å². The molecule has 0 aliphatic rings. The highest BCUT2D eigenvalue weighted by Crippen LogP contribution is 2.02. The molecule has 0 rings (SSSR count). The van der Waals surface area contributed by atoms with Gasteiger partial charge >= 0.3 is 17.9 Å². The molecule has 0 heterocycles. The summed E-state index contributed by atoms with van der Waals surface area (Å²) in [6.45, 7) is 2.44. The van der Waals surface area contributed by atoms with Gasteiger partial charge < -0.3 is 26.0 Å². The van der Waals surface area contributed by atoms with Gasteiger partial charge in [0, 0.05) is 6.42 Å². The molecule has 1 amide bonds. The van der Waals surface area contributed by atoms with Gasteiger partial charge in [-0.05, 0) is 19.4 Å². The predicted molar refractivity (Wildman–Crippen MR) is 80.0 cm³/mol. The van der Waals surface area contributed by atoms with Crippen LogP contribution in [0, 0.1) is 0 Å². The number of carboxylic acid groups (broad SMARTS) is 3. The van der Waals surface area contributed by atoms with Gasteiger partial charge in [0.1, 0.15) is 6.04 Å². The predicted octanol–water partition coefficient (Wildman–Crippen LogP) is 0.0437. The Kier molecular flexibility index (Phi) is 10.3. The van der Waals surface area contributed by atoms with Crippen LogP contribution in [-0.4, -0.2) is 57.8 Å². The Hall–Kier alpha value is -2.16. The monoisotopic (exact) mass is 332 g/mol. The molecule has 2 atom stereocenters. The molecule has 9 heteroatoms. The highest BCUT2D eigenvalue weighted by atomic mass is 16.4. The van der Waals surface area contributed by atoms with Crippen molar-refractivity contribution in [2.45, 2.75) is 57.5 Å². The minimum absolute atomic E-state index is 0.272. The summed E-state index contributed by atoms with van der Waals surface area (Å²) in [5.74, 6) is -4.49. The molecule has 2 unspecified atom stereocenters. The summed E-state index contributed by atoms with van der Waals surface area (Å²) < 4.78 is 0. The molecule has 0 aliphatic heterocycles. The van der Waals surface area contributed by atoms with E-state index in [1.54, 1.807) is 0 Å². The van der Waals surface area contributed by atoms with Crippen molar-refractivity contribution < 1.29 is 34.5 Å². The molecule has 9 nitrogen and oxygen atoms in total. The van der Waals surface area contributed by atoms with Crippen LogP contribution < -0.4 is 10.6 Å². The Morgan fingerprint density at radius 3 is 2.09 bits per heavy atom. The van der Waals surface area contributed by atoms with E-state index in [2.05, 4.69) is 10.6 Å². The number of rotatable bonds is 13. The van der Waals surface area contributed by atoms with E-state index in [1.807, 2.05) is 6.92 Å². The maximum Gasteiger partial charge on any atom is 0.326 e. The fourth-order valence-corrected chi connectivity index (χ4v) is 1.88. The third-order valence-corrected chi connectivity index (χ3v) is 3.13. The van der Waals surface area contributed by atoms with Gasteiger partial charge in [-0.1, -0.05) is 19.8 Å². The smallest absolute Gasteiger partial charge is 0.326 e. The normalized spacial score (nSPS) is 13.1. The molecule has 132 valence electrons. The Bertz CT molecular complexity index is 425. The van der Waals surface area contributed by atoms with E-state index in [4.69, 9.17) is 15.3 Å². The molecule has 0 aromatic heterocycles. The molecule has 0 saturated carbocycles. The van der Waals surface area contributed by atoms with Crippen LogP contribution in [0.5, 0.6) is 0 Å². The zero-order chi connectivity index (χ0) is 17.8. The van der Waals surface area contributed by atoms with Crippen molar-refractivity contribution in [1.82, 2.24) is 10.6 Å². The molecular weight excluding hydrogens is 308 g/mol. The average Bonchev–Trinajstić information content (AvgIpc) is 2.45. The maximum atomic E-state index is 12.1. The van der Waals surface area contributed by atoms with Crippen LogP contribution in [0.3, 0.4) is 0 Å². The van der Waals surface area contributed by atoms with Crippen LogP contribution in [-0.2, 0) is 19.2 Å². The van der Waals surface area contributed by atoms with Crippen molar-refractivity contribution in [1.29, 1.82) is 0 Å². The average molecular weight is 332 g/mol. The van der Waals surface area contributed by atoms with E-state index in [-0.39, 0.29) is 6.42 Å². The first-order valence-electron chi connectivity index (χ1n) is 7.48. The lowest BCUT2D eigenvalue weighted by Crippen LogP contribution is -2.51. The van der Waals surface area contributed by atoms with Crippen LogP contribution in [0.1, 0.15) is 45.4 Å². The van der Waals surface area contributed by atoms with Gasteiger partial charge in [0.2, 0.25) is 5.91 Å². The SMILES string of the molecule is CCCCCNC(CC(=O)O)C(=O)NC(CCC(=O)O)C(=O)O. The van der Waals surface area contributed by atoms with Crippen molar-refractivity contribution in [3.05, 3.63) is 0 Å².